The minimum atomic E-state index is -0.196. The molecule has 2 fully saturated rings. The Morgan fingerprint density at radius 1 is 1.40 bits per heavy atom. The standard InChI is InChI=1S/C11H17NO3/c1-7(13)15-9-3-4-10-8(6-9)2-5-11(14)12-10/h8-10H,2-6H2,1H3,(H,12,14)/t8-,9?,10+/m0/s1. The molecule has 1 saturated carbocycles. The van der Waals surface area contributed by atoms with Crippen LogP contribution >= 0.6 is 0 Å². The summed E-state index contributed by atoms with van der Waals surface area (Å²) in [5, 5.41) is 3.01. The van der Waals surface area contributed by atoms with E-state index in [1.807, 2.05) is 0 Å². The van der Waals surface area contributed by atoms with E-state index in [0.717, 1.165) is 25.7 Å². The lowest BCUT2D eigenvalue weighted by Gasteiger charge is -2.38. The van der Waals surface area contributed by atoms with Crippen LogP contribution in [0.1, 0.15) is 39.0 Å². The fourth-order valence-corrected chi connectivity index (χ4v) is 2.67. The normalized spacial score (nSPS) is 35.3. The summed E-state index contributed by atoms with van der Waals surface area (Å²) < 4.78 is 5.22. The number of nitrogens with one attached hydrogen (secondary N) is 1. The van der Waals surface area contributed by atoms with Crippen molar-refractivity contribution in [2.45, 2.75) is 51.2 Å². The summed E-state index contributed by atoms with van der Waals surface area (Å²) in [6.45, 7) is 1.45. The topological polar surface area (TPSA) is 55.4 Å². The van der Waals surface area contributed by atoms with Gasteiger partial charge in [-0.05, 0) is 31.6 Å². The minimum absolute atomic E-state index is 0.0683. The van der Waals surface area contributed by atoms with Crippen molar-refractivity contribution in [2.75, 3.05) is 0 Å². The number of fused-ring (bicyclic) bond motifs is 1. The number of carbonyl (C=O) groups excluding carboxylic acids is 2. The largest absolute Gasteiger partial charge is 0.463 e. The Labute approximate surface area is 89.4 Å². The van der Waals surface area contributed by atoms with E-state index < -0.39 is 0 Å². The molecule has 0 aromatic heterocycles. The molecule has 2 aliphatic rings. The Balaban J connectivity index is 1.89. The number of ether oxygens (including phenoxy) is 1. The molecule has 1 saturated heterocycles. The van der Waals surface area contributed by atoms with Crippen molar-refractivity contribution in [1.82, 2.24) is 5.32 Å². The Morgan fingerprint density at radius 2 is 2.20 bits per heavy atom. The molecule has 0 aromatic carbocycles. The quantitative estimate of drug-likeness (QED) is 0.658. The smallest absolute Gasteiger partial charge is 0.302 e. The first-order chi connectivity index (χ1) is 7.15. The van der Waals surface area contributed by atoms with Gasteiger partial charge in [-0.1, -0.05) is 0 Å². The van der Waals surface area contributed by atoms with Crippen LogP contribution in [0.15, 0.2) is 0 Å². The van der Waals surface area contributed by atoms with Crippen LogP contribution in [-0.2, 0) is 14.3 Å². The number of rotatable bonds is 1. The lowest BCUT2D eigenvalue weighted by atomic mass is 9.78. The monoisotopic (exact) mass is 211 g/mol. The summed E-state index contributed by atoms with van der Waals surface area (Å²) in [7, 11) is 0. The van der Waals surface area contributed by atoms with Crippen molar-refractivity contribution in [3.8, 4) is 0 Å². The van der Waals surface area contributed by atoms with Crippen LogP contribution in [-0.4, -0.2) is 24.0 Å². The van der Waals surface area contributed by atoms with Crippen molar-refractivity contribution >= 4 is 11.9 Å². The average molecular weight is 211 g/mol. The molecule has 0 bridgehead atoms. The Bertz CT molecular complexity index is 277. The molecule has 3 atom stereocenters. The summed E-state index contributed by atoms with van der Waals surface area (Å²) in [6.07, 6.45) is 4.35. The van der Waals surface area contributed by atoms with Crippen molar-refractivity contribution in [3.05, 3.63) is 0 Å². The van der Waals surface area contributed by atoms with Gasteiger partial charge in [0.1, 0.15) is 6.10 Å². The number of hydrogen-bond donors (Lipinski definition) is 1. The first-order valence-electron chi connectivity index (χ1n) is 5.61. The molecule has 1 aliphatic heterocycles. The third-order valence-electron chi connectivity index (χ3n) is 3.36. The van der Waals surface area contributed by atoms with E-state index in [1.165, 1.54) is 6.92 Å². The van der Waals surface area contributed by atoms with Gasteiger partial charge in [-0.15, -0.1) is 0 Å². The molecule has 0 radical (unpaired) electrons. The average Bonchev–Trinajstić information content (AvgIpc) is 2.17. The van der Waals surface area contributed by atoms with E-state index >= 15 is 0 Å². The van der Waals surface area contributed by atoms with Crippen LogP contribution in [0.25, 0.3) is 0 Å². The fraction of sp³-hybridized carbons (Fsp3) is 0.818. The third-order valence-corrected chi connectivity index (χ3v) is 3.36. The summed E-state index contributed by atoms with van der Waals surface area (Å²) in [5.41, 5.74) is 0. The van der Waals surface area contributed by atoms with Gasteiger partial charge >= 0.3 is 5.97 Å². The molecular formula is C11H17NO3. The summed E-state index contributed by atoms with van der Waals surface area (Å²) in [5.74, 6) is 0.473. The lowest BCUT2D eigenvalue weighted by molar-refractivity contribution is -0.150. The van der Waals surface area contributed by atoms with Gasteiger partial charge in [0.05, 0.1) is 0 Å². The molecule has 1 N–H and O–H groups in total. The van der Waals surface area contributed by atoms with E-state index in [9.17, 15) is 9.59 Å². The van der Waals surface area contributed by atoms with Crippen molar-refractivity contribution in [3.63, 3.8) is 0 Å². The van der Waals surface area contributed by atoms with E-state index in [-0.39, 0.29) is 18.0 Å². The molecule has 0 aromatic rings. The number of carbonyl (C=O) groups is 2. The highest BCUT2D eigenvalue weighted by Crippen LogP contribution is 2.32. The van der Waals surface area contributed by atoms with E-state index in [4.69, 9.17) is 4.74 Å². The number of amides is 1. The van der Waals surface area contributed by atoms with Gasteiger partial charge in [-0.2, -0.15) is 0 Å². The van der Waals surface area contributed by atoms with Crippen LogP contribution in [0.3, 0.4) is 0 Å². The lowest BCUT2D eigenvalue weighted by Crippen LogP contribution is -2.49. The van der Waals surface area contributed by atoms with Crippen molar-refractivity contribution < 1.29 is 14.3 Å². The van der Waals surface area contributed by atoms with Gasteiger partial charge in [0.15, 0.2) is 0 Å². The van der Waals surface area contributed by atoms with E-state index in [2.05, 4.69) is 5.32 Å². The first-order valence-corrected chi connectivity index (χ1v) is 5.61. The van der Waals surface area contributed by atoms with Crippen LogP contribution < -0.4 is 5.32 Å². The summed E-state index contributed by atoms with van der Waals surface area (Å²) >= 11 is 0. The van der Waals surface area contributed by atoms with E-state index in [0.29, 0.717) is 18.4 Å². The number of hydrogen-bond acceptors (Lipinski definition) is 3. The Morgan fingerprint density at radius 3 is 2.93 bits per heavy atom. The SMILES string of the molecule is CC(=O)OC1CC[C@H]2NC(=O)CC[C@H]2C1. The van der Waals surface area contributed by atoms with Gasteiger partial charge in [0, 0.05) is 19.4 Å². The minimum Gasteiger partial charge on any atom is -0.463 e. The highest BCUT2D eigenvalue weighted by molar-refractivity contribution is 5.77. The molecule has 1 heterocycles. The zero-order valence-electron chi connectivity index (χ0n) is 8.99. The maximum Gasteiger partial charge on any atom is 0.302 e. The molecule has 4 heteroatoms. The van der Waals surface area contributed by atoms with Gasteiger partial charge < -0.3 is 10.1 Å². The predicted octanol–water partition coefficient (Wildman–Crippen LogP) is 0.997. The number of piperidine rings is 1. The van der Waals surface area contributed by atoms with Gasteiger partial charge in [0.25, 0.3) is 0 Å². The van der Waals surface area contributed by atoms with Crippen molar-refractivity contribution in [1.29, 1.82) is 0 Å². The Kier molecular flexibility index (Phi) is 2.93. The molecule has 84 valence electrons. The van der Waals surface area contributed by atoms with Crippen LogP contribution in [0.5, 0.6) is 0 Å². The zero-order valence-corrected chi connectivity index (χ0v) is 8.99. The molecule has 1 aliphatic carbocycles. The second-order valence-corrected chi connectivity index (χ2v) is 4.52. The Hall–Kier alpha value is -1.06. The second kappa shape index (κ2) is 4.21. The molecule has 2 rings (SSSR count). The van der Waals surface area contributed by atoms with Crippen LogP contribution in [0, 0.1) is 5.92 Å². The maximum absolute atomic E-state index is 11.2. The van der Waals surface area contributed by atoms with E-state index in [1.54, 1.807) is 0 Å². The van der Waals surface area contributed by atoms with Crippen molar-refractivity contribution in [2.24, 2.45) is 5.92 Å². The summed E-state index contributed by atoms with van der Waals surface area (Å²) in [4.78, 5) is 22.0. The van der Waals surface area contributed by atoms with Crippen LogP contribution in [0.2, 0.25) is 0 Å². The highest BCUT2D eigenvalue weighted by atomic mass is 16.5. The highest BCUT2D eigenvalue weighted by Gasteiger charge is 2.35. The number of esters is 1. The van der Waals surface area contributed by atoms with Gasteiger partial charge in [-0.3, -0.25) is 9.59 Å². The van der Waals surface area contributed by atoms with Crippen LogP contribution in [0.4, 0.5) is 0 Å². The predicted molar refractivity (Wildman–Crippen MR) is 54.1 cm³/mol. The second-order valence-electron chi connectivity index (χ2n) is 4.52. The van der Waals surface area contributed by atoms with Gasteiger partial charge in [-0.25, -0.2) is 0 Å². The molecule has 4 nitrogen and oxygen atoms in total. The molecular weight excluding hydrogens is 194 g/mol. The first kappa shape index (κ1) is 10.5. The summed E-state index contributed by atoms with van der Waals surface area (Å²) in [6, 6.07) is 0.318. The third kappa shape index (κ3) is 2.49. The molecule has 1 amide bonds. The molecule has 1 unspecified atom stereocenters. The maximum atomic E-state index is 11.2. The molecule has 15 heavy (non-hydrogen) atoms. The fourth-order valence-electron chi connectivity index (χ4n) is 2.67. The van der Waals surface area contributed by atoms with Gasteiger partial charge in [0.2, 0.25) is 5.91 Å². The molecule has 0 spiro atoms. The zero-order chi connectivity index (χ0) is 10.8.